The predicted octanol–water partition coefficient (Wildman–Crippen LogP) is 2.36. The number of amides is 1. The Bertz CT molecular complexity index is 524. The highest BCUT2D eigenvalue weighted by Crippen LogP contribution is 2.38. The molecule has 20 heavy (non-hydrogen) atoms. The molecule has 0 heterocycles. The number of allylic oxidation sites excluding steroid dienone is 2. The fourth-order valence-corrected chi connectivity index (χ4v) is 2.50. The SMILES string of the molecule is C[C@@]1(C(=O)O)CC=CC[C@@H]1C(=O)NCc1ccccc1. The molecule has 106 valence electrons. The molecule has 0 aromatic heterocycles. The van der Waals surface area contributed by atoms with Crippen molar-refractivity contribution in [2.24, 2.45) is 11.3 Å². The summed E-state index contributed by atoms with van der Waals surface area (Å²) < 4.78 is 0. The smallest absolute Gasteiger partial charge is 0.310 e. The molecule has 1 aliphatic carbocycles. The topological polar surface area (TPSA) is 66.4 Å². The molecule has 2 atom stereocenters. The van der Waals surface area contributed by atoms with Gasteiger partial charge in [-0.3, -0.25) is 9.59 Å². The van der Waals surface area contributed by atoms with Gasteiger partial charge in [0.05, 0.1) is 11.3 Å². The Morgan fingerprint density at radius 3 is 2.65 bits per heavy atom. The first-order valence-electron chi connectivity index (χ1n) is 6.74. The molecule has 0 spiro atoms. The average molecular weight is 273 g/mol. The fraction of sp³-hybridized carbons (Fsp3) is 0.375. The number of rotatable bonds is 4. The summed E-state index contributed by atoms with van der Waals surface area (Å²) in [6.07, 6.45) is 4.60. The normalized spacial score (nSPS) is 25.1. The van der Waals surface area contributed by atoms with Crippen LogP contribution in [0, 0.1) is 11.3 Å². The highest BCUT2D eigenvalue weighted by Gasteiger charge is 2.45. The van der Waals surface area contributed by atoms with Crippen molar-refractivity contribution in [3.63, 3.8) is 0 Å². The monoisotopic (exact) mass is 273 g/mol. The van der Waals surface area contributed by atoms with Gasteiger partial charge in [-0.15, -0.1) is 0 Å². The Morgan fingerprint density at radius 1 is 1.30 bits per heavy atom. The van der Waals surface area contributed by atoms with E-state index in [4.69, 9.17) is 0 Å². The Morgan fingerprint density at radius 2 is 2.00 bits per heavy atom. The van der Waals surface area contributed by atoms with Gasteiger partial charge in [0.2, 0.25) is 5.91 Å². The van der Waals surface area contributed by atoms with Crippen molar-refractivity contribution in [2.45, 2.75) is 26.3 Å². The number of carbonyl (C=O) groups excluding carboxylic acids is 1. The lowest BCUT2D eigenvalue weighted by Gasteiger charge is -2.34. The fourth-order valence-electron chi connectivity index (χ4n) is 2.50. The summed E-state index contributed by atoms with van der Waals surface area (Å²) in [6, 6.07) is 9.59. The first-order chi connectivity index (χ1) is 9.54. The zero-order valence-corrected chi connectivity index (χ0v) is 11.5. The molecule has 1 aromatic carbocycles. The number of carboxylic acids is 1. The third-order valence-corrected chi connectivity index (χ3v) is 3.96. The van der Waals surface area contributed by atoms with Crippen molar-refractivity contribution >= 4 is 11.9 Å². The van der Waals surface area contributed by atoms with Gasteiger partial charge in [-0.2, -0.15) is 0 Å². The van der Waals surface area contributed by atoms with Crippen LogP contribution in [-0.2, 0) is 16.1 Å². The van der Waals surface area contributed by atoms with Crippen molar-refractivity contribution in [1.82, 2.24) is 5.32 Å². The van der Waals surface area contributed by atoms with Crippen LogP contribution >= 0.6 is 0 Å². The Hall–Kier alpha value is -2.10. The molecule has 4 nitrogen and oxygen atoms in total. The number of carbonyl (C=O) groups is 2. The summed E-state index contributed by atoms with van der Waals surface area (Å²) in [4.78, 5) is 23.7. The molecule has 0 aliphatic heterocycles. The van der Waals surface area contributed by atoms with Crippen LogP contribution in [0.15, 0.2) is 42.5 Å². The molecule has 0 saturated carbocycles. The number of hydrogen-bond acceptors (Lipinski definition) is 2. The molecule has 2 N–H and O–H groups in total. The number of nitrogens with one attached hydrogen (secondary N) is 1. The van der Waals surface area contributed by atoms with Crippen molar-refractivity contribution in [3.05, 3.63) is 48.0 Å². The van der Waals surface area contributed by atoms with Crippen molar-refractivity contribution in [2.75, 3.05) is 0 Å². The second kappa shape index (κ2) is 5.90. The molecule has 0 saturated heterocycles. The van der Waals surface area contributed by atoms with Crippen LogP contribution in [0.3, 0.4) is 0 Å². The lowest BCUT2D eigenvalue weighted by molar-refractivity contribution is -0.155. The highest BCUT2D eigenvalue weighted by molar-refractivity contribution is 5.87. The Kier molecular flexibility index (Phi) is 4.23. The van der Waals surface area contributed by atoms with Crippen LogP contribution in [0.5, 0.6) is 0 Å². The van der Waals surface area contributed by atoms with E-state index in [9.17, 15) is 14.7 Å². The van der Waals surface area contributed by atoms with E-state index >= 15 is 0 Å². The quantitative estimate of drug-likeness (QED) is 0.828. The summed E-state index contributed by atoms with van der Waals surface area (Å²) in [5, 5.41) is 12.2. The Balaban J connectivity index is 2.04. The number of benzene rings is 1. The van der Waals surface area contributed by atoms with Crippen LogP contribution in [0.25, 0.3) is 0 Å². The van der Waals surface area contributed by atoms with E-state index in [-0.39, 0.29) is 5.91 Å². The molecule has 0 unspecified atom stereocenters. The van der Waals surface area contributed by atoms with E-state index in [1.54, 1.807) is 6.92 Å². The van der Waals surface area contributed by atoms with Gasteiger partial charge in [0.1, 0.15) is 0 Å². The second-order valence-corrected chi connectivity index (χ2v) is 5.39. The molecule has 0 bridgehead atoms. The van der Waals surface area contributed by atoms with E-state index in [1.807, 2.05) is 42.5 Å². The molecule has 0 fully saturated rings. The van der Waals surface area contributed by atoms with Gasteiger partial charge < -0.3 is 10.4 Å². The van der Waals surface area contributed by atoms with Gasteiger partial charge in [-0.25, -0.2) is 0 Å². The molecular formula is C16H19NO3. The van der Waals surface area contributed by atoms with E-state index in [1.165, 1.54) is 0 Å². The van der Waals surface area contributed by atoms with Gasteiger partial charge in [0, 0.05) is 6.54 Å². The van der Waals surface area contributed by atoms with Crippen LogP contribution < -0.4 is 5.32 Å². The molecule has 0 radical (unpaired) electrons. The maximum absolute atomic E-state index is 12.3. The lowest BCUT2D eigenvalue weighted by atomic mass is 9.69. The van der Waals surface area contributed by atoms with Crippen LogP contribution in [0.2, 0.25) is 0 Å². The van der Waals surface area contributed by atoms with Gasteiger partial charge in [-0.1, -0.05) is 42.5 Å². The molecule has 4 heteroatoms. The summed E-state index contributed by atoms with van der Waals surface area (Å²) in [6.45, 7) is 2.07. The zero-order valence-electron chi connectivity index (χ0n) is 11.5. The first kappa shape index (κ1) is 14.3. The molecule has 1 aliphatic rings. The first-order valence-corrected chi connectivity index (χ1v) is 6.74. The third kappa shape index (κ3) is 2.90. The minimum absolute atomic E-state index is 0.192. The van der Waals surface area contributed by atoms with Gasteiger partial charge in [-0.05, 0) is 25.3 Å². The predicted molar refractivity (Wildman–Crippen MR) is 75.9 cm³/mol. The lowest BCUT2D eigenvalue weighted by Crippen LogP contribution is -2.45. The number of carboxylic acid groups (broad SMARTS) is 1. The summed E-state index contributed by atoms with van der Waals surface area (Å²) >= 11 is 0. The highest BCUT2D eigenvalue weighted by atomic mass is 16.4. The summed E-state index contributed by atoms with van der Waals surface area (Å²) in [5.41, 5.74) is -0.0144. The van der Waals surface area contributed by atoms with Crippen molar-refractivity contribution < 1.29 is 14.7 Å². The van der Waals surface area contributed by atoms with E-state index in [0.29, 0.717) is 19.4 Å². The minimum Gasteiger partial charge on any atom is -0.481 e. The van der Waals surface area contributed by atoms with Gasteiger partial charge in [0.15, 0.2) is 0 Å². The van der Waals surface area contributed by atoms with E-state index < -0.39 is 17.3 Å². The second-order valence-electron chi connectivity index (χ2n) is 5.39. The largest absolute Gasteiger partial charge is 0.481 e. The summed E-state index contributed by atoms with van der Waals surface area (Å²) in [5.74, 6) is -1.63. The number of aliphatic carboxylic acids is 1. The van der Waals surface area contributed by atoms with Crippen molar-refractivity contribution in [3.8, 4) is 0 Å². The molecule has 1 amide bonds. The molecule has 1 aromatic rings. The molecular weight excluding hydrogens is 254 g/mol. The third-order valence-electron chi connectivity index (χ3n) is 3.96. The minimum atomic E-state index is -1.02. The average Bonchev–Trinajstić information content (AvgIpc) is 2.46. The van der Waals surface area contributed by atoms with Crippen LogP contribution in [0.1, 0.15) is 25.3 Å². The standard InChI is InChI=1S/C16H19NO3/c1-16(15(19)20)10-6-5-9-13(16)14(18)17-11-12-7-3-2-4-8-12/h2-8,13H,9-11H2,1H3,(H,17,18)(H,19,20)/t13-,16-/m1/s1. The maximum atomic E-state index is 12.3. The molecule has 2 rings (SSSR count). The van der Waals surface area contributed by atoms with Crippen molar-refractivity contribution in [1.29, 1.82) is 0 Å². The van der Waals surface area contributed by atoms with E-state index in [0.717, 1.165) is 5.56 Å². The van der Waals surface area contributed by atoms with Gasteiger partial charge >= 0.3 is 5.97 Å². The van der Waals surface area contributed by atoms with Gasteiger partial charge in [0.25, 0.3) is 0 Å². The van der Waals surface area contributed by atoms with Crippen LogP contribution in [-0.4, -0.2) is 17.0 Å². The van der Waals surface area contributed by atoms with E-state index in [2.05, 4.69) is 5.32 Å². The number of hydrogen-bond donors (Lipinski definition) is 2. The van der Waals surface area contributed by atoms with Crippen LogP contribution in [0.4, 0.5) is 0 Å². The maximum Gasteiger partial charge on any atom is 0.310 e. The summed E-state index contributed by atoms with van der Waals surface area (Å²) in [7, 11) is 0. The Labute approximate surface area is 118 Å². The zero-order chi connectivity index (χ0) is 14.6.